The summed E-state index contributed by atoms with van der Waals surface area (Å²) in [5.41, 5.74) is 4.73. The van der Waals surface area contributed by atoms with Crippen LogP contribution in [0.25, 0.3) is 0 Å². The lowest BCUT2D eigenvalue weighted by atomic mass is 10.2. The molecule has 0 saturated carbocycles. The van der Waals surface area contributed by atoms with Crippen molar-refractivity contribution in [2.24, 2.45) is 5.10 Å². The van der Waals surface area contributed by atoms with Crippen molar-refractivity contribution in [2.75, 3.05) is 13.2 Å². The number of hydrogen-bond acceptors (Lipinski definition) is 5. The average molecular weight is 453 g/mol. The summed E-state index contributed by atoms with van der Waals surface area (Å²) >= 11 is 6.03. The van der Waals surface area contributed by atoms with Crippen LogP contribution in [0.2, 0.25) is 5.02 Å². The van der Waals surface area contributed by atoms with Gasteiger partial charge in [-0.15, -0.1) is 0 Å². The van der Waals surface area contributed by atoms with Gasteiger partial charge in [-0.05, 0) is 79.6 Å². The van der Waals surface area contributed by atoms with E-state index in [-0.39, 0.29) is 5.91 Å². The zero-order chi connectivity index (χ0) is 22.8. The van der Waals surface area contributed by atoms with E-state index in [4.69, 9.17) is 25.8 Å². The SMILES string of the molecule is CCOc1ccc(C(=O)N/N=C/c2ccc(OCc3cccc(Cl)c3)c(OCC)c2)cc1. The minimum absolute atomic E-state index is 0.309. The molecule has 0 saturated heterocycles. The molecule has 7 heteroatoms. The number of nitrogens with zero attached hydrogens (tertiary/aromatic N) is 1. The number of amides is 1. The number of ether oxygens (including phenoxy) is 3. The number of rotatable bonds is 10. The lowest BCUT2D eigenvalue weighted by Gasteiger charge is -2.12. The van der Waals surface area contributed by atoms with Gasteiger partial charge in [-0.2, -0.15) is 5.10 Å². The van der Waals surface area contributed by atoms with Gasteiger partial charge in [0, 0.05) is 10.6 Å². The van der Waals surface area contributed by atoms with E-state index in [0.29, 0.717) is 47.7 Å². The van der Waals surface area contributed by atoms with Crippen LogP contribution < -0.4 is 19.6 Å². The maximum atomic E-state index is 12.3. The van der Waals surface area contributed by atoms with Crippen LogP contribution in [0.1, 0.15) is 35.3 Å². The first-order valence-corrected chi connectivity index (χ1v) is 10.7. The fourth-order valence-corrected chi connectivity index (χ4v) is 3.09. The smallest absolute Gasteiger partial charge is 0.271 e. The molecule has 3 rings (SSSR count). The summed E-state index contributed by atoms with van der Waals surface area (Å²) in [6, 6.07) is 19.8. The summed E-state index contributed by atoms with van der Waals surface area (Å²) in [7, 11) is 0. The molecule has 0 spiro atoms. The highest BCUT2D eigenvalue weighted by Crippen LogP contribution is 2.29. The fraction of sp³-hybridized carbons (Fsp3) is 0.200. The van der Waals surface area contributed by atoms with Crippen LogP contribution in [0, 0.1) is 0 Å². The van der Waals surface area contributed by atoms with Crippen molar-refractivity contribution in [2.45, 2.75) is 20.5 Å². The van der Waals surface area contributed by atoms with E-state index in [1.165, 1.54) is 0 Å². The van der Waals surface area contributed by atoms with Gasteiger partial charge in [0.15, 0.2) is 11.5 Å². The van der Waals surface area contributed by atoms with Crippen LogP contribution in [0.4, 0.5) is 0 Å². The van der Waals surface area contributed by atoms with E-state index in [0.717, 1.165) is 11.1 Å². The third kappa shape index (κ3) is 6.75. The lowest BCUT2D eigenvalue weighted by molar-refractivity contribution is 0.0955. The Kier molecular flexibility index (Phi) is 8.52. The monoisotopic (exact) mass is 452 g/mol. The standard InChI is InChI=1S/C25H25ClN2O4/c1-3-30-22-11-9-20(10-12-22)25(29)28-27-16-18-8-13-23(24(15-18)31-4-2)32-17-19-6-5-7-21(26)14-19/h5-16H,3-4,17H2,1-2H3,(H,28,29)/b27-16+. The Balaban J connectivity index is 1.62. The highest BCUT2D eigenvalue weighted by atomic mass is 35.5. The zero-order valence-corrected chi connectivity index (χ0v) is 18.8. The van der Waals surface area contributed by atoms with Crippen molar-refractivity contribution in [3.63, 3.8) is 0 Å². The third-order valence-corrected chi connectivity index (χ3v) is 4.59. The fourth-order valence-electron chi connectivity index (χ4n) is 2.88. The van der Waals surface area contributed by atoms with Crippen LogP contribution in [0.5, 0.6) is 17.2 Å². The zero-order valence-electron chi connectivity index (χ0n) is 18.0. The molecule has 0 aliphatic carbocycles. The van der Waals surface area contributed by atoms with Crippen LogP contribution in [-0.4, -0.2) is 25.3 Å². The highest BCUT2D eigenvalue weighted by Gasteiger charge is 2.08. The molecule has 0 heterocycles. The van der Waals surface area contributed by atoms with Crippen molar-refractivity contribution >= 4 is 23.7 Å². The third-order valence-electron chi connectivity index (χ3n) is 4.36. The first kappa shape index (κ1) is 23.2. The Hall–Kier alpha value is -3.51. The molecule has 0 aliphatic heterocycles. The van der Waals surface area contributed by atoms with Gasteiger partial charge >= 0.3 is 0 Å². The second-order valence-corrected chi connectivity index (χ2v) is 7.15. The topological polar surface area (TPSA) is 69.2 Å². The summed E-state index contributed by atoms with van der Waals surface area (Å²) in [5.74, 6) is 1.61. The van der Waals surface area contributed by atoms with Gasteiger partial charge in [0.05, 0.1) is 19.4 Å². The molecule has 0 unspecified atom stereocenters. The molecule has 1 amide bonds. The number of benzene rings is 3. The maximum absolute atomic E-state index is 12.3. The van der Waals surface area contributed by atoms with Gasteiger partial charge in [0.1, 0.15) is 12.4 Å². The molecule has 0 aromatic heterocycles. The number of carbonyl (C=O) groups excluding carboxylic acids is 1. The van der Waals surface area contributed by atoms with Crippen molar-refractivity contribution < 1.29 is 19.0 Å². The van der Waals surface area contributed by atoms with Gasteiger partial charge in [-0.3, -0.25) is 4.79 Å². The molecule has 6 nitrogen and oxygen atoms in total. The van der Waals surface area contributed by atoms with E-state index in [9.17, 15) is 4.79 Å². The Morgan fingerprint density at radius 1 is 0.938 bits per heavy atom. The number of hydrazone groups is 1. The molecule has 32 heavy (non-hydrogen) atoms. The molecule has 166 valence electrons. The second kappa shape index (κ2) is 11.8. The van der Waals surface area contributed by atoms with Gasteiger partial charge in [0.2, 0.25) is 0 Å². The minimum Gasteiger partial charge on any atom is -0.494 e. The number of hydrogen-bond donors (Lipinski definition) is 1. The molecular formula is C25H25ClN2O4. The molecular weight excluding hydrogens is 428 g/mol. The Morgan fingerprint density at radius 3 is 2.44 bits per heavy atom. The van der Waals surface area contributed by atoms with Crippen molar-refractivity contribution in [3.05, 3.63) is 88.4 Å². The predicted octanol–water partition coefficient (Wildman–Crippen LogP) is 5.48. The number of halogens is 1. The van der Waals surface area contributed by atoms with Gasteiger partial charge in [0.25, 0.3) is 5.91 Å². The first-order valence-electron chi connectivity index (χ1n) is 10.3. The van der Waals surface area contributed by atoms with Crippen LogP contribution >= 0.6 is 11.6 Å². The molecule has 0 radical (unpaired) electrons. The lowest BCUT2D eigenvalue weighted by Crippen LogP contribution is -2.17. The highest BCUT2D eigenvalue weighted by molar-refractivity contribution is 6.30. The van der Waals surface area contributed by atoms with Crippen molar-refractivity contribution in [1.82, 2.24) is 5.43 Å². The van der Waals surface area contributed by atoms with Crippen molar-refractivity contribution in [3.8, 4) is 17.2 Å². The molecule has 0 atom stereocenters. The molecule has 0 bridgehead atoms. The summed E-state index contributed by atoms with van der Waals surface area (Å²) in [6.07, 6.45) is 1.55. The second-order valence-electron chi connectivity index (χ2n) is 6.71. The van der Waals surface area contributed by atoms with E-state index in [2.05, 4.69) is 10.5 Å². The van der Waals surface area contributed by atoms with E-state index < -0.39 is 0 Å². The van der Waals surface area contributed by atoms with Crippen LogP contribution in [0.3, 0.4) is 0 Å². The molecule has 3 aromatic rings. The quantitative estimate of drug-likeness (QED) is 0.326. The first-order chi connectivity index (χ1) is 15.6. The summed E-state index contributed by atoms with van der Waals surface area (Å²) < 4.78 is 17.0. The van der Waals surface area contributed by atoms with Gasteiger partial charge < -0.3 is 14.2 Å². The largest absolute Gasteiger partial charge is 0.494 e. The summed E-state index contributed by atoms with van der Waals surface area (Å²) in [5, 5.41) is 4.71. The van der Waals surface area contributed by atoms with E-state index >= 15 is 0 Å². The maximum Gasteiger partial charge on any atom is 0.271 e. The van der Waals surface area contributed by atoms with Gasteiger partial charge in [-0.1, -0.05) is 23.7 Å². The van der Waals surface area contributed by atoms with E-state index in [1.54, 1.807) is 30.5 Å². The van der Waals surface area contributed by atoms with E-state index in [1.807, 2.05) is 56.3 Å². The van der Waals surface area contributed by atoms with Crippen molar-refractivity contribution in [1.29, 1.82) is 0 Å². The Morgan fingerprint density at radius 2 is 1.72 bits per heavy atom. The molecule has 0 fully saturated rings. The number of carbonyl (C=O) groups is 1. The molecule has 3 aromatic carbocycles. The average Bonchev–Trinajstić information content (AvgIpc) is 2.79. The van der Waals surface area contributed by atoms with Crippen LogP contribution in [0.15, 0.2) is 71.8 Å². The normalized spacial score (nSPS) is 10.7. The summed E-state index contributed by atoms with van der Waals surface area (Å²) in [4.78, 5) is 12.3. The molecule has 1 N–H and O–H groups in total. The summed E-state index contributed by atoms with van der Waals surface area (Å²) in [6.45, 7) is 5.24. The minimum atomic E-state index is -0.309. The predicted molar refractivity (Wildman–Crippen MR) is 126 cm³/mol. The Labute approximate surface area is 192 Å². The van der Waals surface area contributed by atoms with Gasteiger partial charge in [-0.25, -0.2) is 5.43 Å². The molecule has 0 aliphatic rings. The van der Waals surface area contributed by atoms with Crippen LogP contribution in [-0.2, 0) is 6.61 Å². The Bertz CT molecular complexity index is 1070. The number of nitrogens with one attached hydrogen (secondary N) is 1.